The highest BCUT2D eigenvalue weighted by Gasteiger charge is 2.29. The van der Waals surface area contributed by atoms with Gasteiger partial charge in [0.15, 0.2) is 0 Å². The smallest absolute Gasteiger partial charge is 0.125 e. The monoisotopic (exact) mass is 295 g/mol. The molecule has 2 unspecified atom stereocenters. The number of hydrogen-bond donors (Lipinski definition) is 1. The summed E-state index contributed by atoms with van der Waals surface area (Å²) in [6, 6.07) is 5.44. The Balaban J connectivity index is 2.16. The van der Waals surface area contributed by atoms with E-state index in [1.165, 1.54) is 0 Å². The first-order valence-electron chi connectivity index (χ1n) is 7.43. The Hall–Kier alpha value is -1.30. The normalized spacial score (nSPS) is 21.0. The van der Waals surface area contributed by atoms with Crippen LogP contribution in [0.25, 0.3) is 0 Å². The van der Waals surface area contributed by atoms with E-state index in [-0.39, 0.29) is 6.10 Å². The van der Waals surface area contributed by atoms with Gasteiger partial charge in [-0.1, -0.05) is 6.92 Å². The standard InChI is InChI=1S/C16H25NO4/c1-4-7-17-8-9-21-15(11-17)16(18)13-10-12(19-2)5-6-14(13)20-3/h5-6,10,15-16,18H,4,7-9,11H2,1-3H3. The molecule has 5 heteroatoms. The van der Waals surface area contributed by atoms with Crippen LogP contribution in [-0.4, -0.2) is 56.6 Å². The van der Waals surface area contributed by atoms with Crippen molar-refractivity contribution < 1.29 is 19.3 Å². The van der Waals surface area contributed by atoms with Crippen LogP contribution in [0.2, 0.25) is 0 Å². The Morgan fingerprint density at radius 2 is 2.19 bits per heavy atom. The molecular weight excluding hydrogens is 270 g/mol. The van der Waals surface area contributed by atoms with Crippen molar-refractivity contribution >= 4 is 0 Å². The van der Waals surface area contributed by atoms with Crippen molar-refractivity contribution in [2.24, 2.45) is 0 Å². The average Bonchev–Trinajstić information content (AvgIpc) is 2.54. The first-order chi connectivity index (χ1) is 10.2. The second-order valence-corrected chi connectivity index (χ2v) is 5.26. The molecule has 0 aromatic heterocycles. The van der Waals surface area contributed by atoms with Gasteiger partial charge in [-0.3, -0.25) is 4.90 Å². The van der Waals surface area contributed by atoms with E-state index in [1.807, 2.05) is 18.2 Å². The highest BCUT2D eigenvalue weighted by Crippen LogP contribution is 2.32. The molecule has 1 N–H and O–H groups in total. The van der Waals surface area contributed by atoms with Crippen molar-refractivity contribution in [2.75, 3.05) is 40.5 Å². The van der Waals surface area contributed by atoms with Crippen LogP contribution in [0.1, 0.15) is 25.0 Å². The predicted molar refractivity (Wildman–Crippen MR) is 81.0 cm³/mol. The lowest BCUT2D eigenvalue weighted by atomic mass is 10.0. The lowest BCUT2D eigenvalue weighted by Gasteiger charge is -2.35. The molecule has 0 radical (unpaired) electrons. The summed E-state index contributed by atoms with van der Waals surface area (Å²) in [5.74, 6) is 1.35. The largest absolute Gasteiger partial charge is 0.497 e. The highest BCUT2D eigenvalue weighted by atomic mass is 16.5. The second kappa shape index (κ2) is 7.64. The van der Waals surface area contributed by atoms with Gasteiger partial charge in [-0.2, -0.15) is 0 Å². The molecule has 1 aromatic rings. The van der Waals surface area contributed by atoms with E-state index >= 15 is 0 Å². The van der Waals surface area contributed by atoms with Gasteiger partial charge in [0, 0.05) is 18.7 Å². The van der Waals surface area contributed by atoms with Crippen LogP contribution in [0.5, 0.6) is 11.5 Å². The number of benzene rings is 1. The van der Waals surface area contributed by atoms with Gasteiger partial charge in [0.25, 0.3) is 0 Å². The average molecular weight is 295 g/mol. The third-order valence-corrected chi connectivity index (χ3v) is 3.83. The number of aliphatic hydroxyl groups is 1. The van der Waals surface area contributed by atoms with Crippen molar-refractivity contribution in [3.8, 4) is 11.5 Å². The number of methoxy groups -OCH3 is 2. The lowest BCUT2D eigenvalue weighted by molar-refractivity contribution is -0.0903. The first kappa shape index (κ1) is 16.1. The maximum absolute atomic E-state index is 10.7. The molecule has 0 aliphatic carbocycles. The zero-order valence-corrected chi connectivity index (χ0v) is 13.0. The fourth-order valence-electron chi connectivity index (χ4n) is 2.71. The summed E-state index contributed by atoms with van der Waals surface area (Å²) in [6.45, 7) is 5.49. The summed E-state index contributed by atoms with van der Waals surface area (Å²) >= 11 is 0. The Kier molecular flexibility index (Phi) is 5.85. The summed E-state index contributed by atoms with van der Waals surface area (Å²) in [4.78, 5) is 2.32. The molecular formula is C16H25NO4. The van der Waals surface area contributed by atoms with Gasteiger partial charge in [0.1, 0.15) is 23.7 Å². The molecule has 5 nitrogen and oxygen atoms in total. The van der Waals surface area contributed by atoms with E-state index < -0.39 is 6.10 Å². The number of ether oxygens (including phenoxy) is 3. The molecule has 1 saturated heterocycles. The zero-order chi connectivity index (χ0) is 15.2. The Morgan fingerprint density at radius 3 is 2.86 bits per heavy atom. The Morgan fingerprint density at radius 1 is 1.38 bits per heavy atom. The molecule has 0 saturated carbocycles. The van der Waals surface area contributed by atoms with E-state index in [9.17, 15) is 5.11 Å². The van der Waals surface area contributed by atoms with Crippen molar-refractivity contribution in [3.05, 3.63) is 23.8 Å². The third-order valence-electron chi connectivity index (χ3n) is 3.83. The number of aliphatic hydroxyl groups excluding tert-OH is 1. The van der Waals surface area contributed by atoms with Gasteiger partial charge in [0.2, 0.25) is 0 Å². The van der Waals surface area contributed by atoms with Crippen LogP contribution in [0, 0.1) is 0 Å². The predicted octanol–water partition coefficient (Wildman–Crippen LogP) is 1.85. The number of rotatable bonds is 6. The van der Waals surface area contributed by atoms with Gasteiger partial charge < -0.3 is 19.3 Å². The minimum absolute atomic E-state index is 0.244. The van der Waals surface area contributed by atoms with Gasteiger partial charge in [-0.25, -0.2) is 0 Å². The molecule has 0 amide bonds. The van der Waals surface area contributed by atoms with Crippen molar-refractivity contribution in [2.45, 2.75) is 25.6 Å². The highest BCUT2D eigenvalue weighted by molar-refractivity contribution is 5.42. The first-order valence-corrected chi connectivity index (χ1v) is 7.43. The molecule has 1 aromatic carbocycles. The van der Waals surface area contributed by atoms with Gasteiger partial charge in [-0.05, 0) is 31.2 Å². The SMILES string of the molecule is CCCN1CCOC(C(O)c2cc(OC)ccc2OC)C1. The molecule has 21 heavy (non-hydrogen) atoms. The minimum Gasteiger partial charge on any atom is -0.497 e. The molecule has 2 rings (SSSR count). The van der Waals surface area contributed by atoms with Crippen LogP contribution in [0.4, 0.5) is 0 Å². The second-order valence-electron chi connectivity index (χ2n) is 5.26. The van der Waals surface area contributed by atoms with Crippen molar-refractivity contribution in [1.82, 2.24) is 4.90 Å². The Bertz CT molecular complexity index is 450. The molecule has 1 heterocycles. The number of morpholine rings is 1. The molecule has 118 valence electrons. The van der Waals surface area contributed by atoms with Crippen LogP contribution >= 0.6 is 0 Å². The topological polar surface area (TPSA) is 51.2 Å². The molecule has 2 atom stereocenters. The van der Waals surface area contributed by atoms with E-state index in [4.69, 9.17) is 14.2 Å². The molecule has 0 bridgehead atoms. The quantitative estimate of drug-likeness (QED) is 0.868. The maximum atomic E-state index is 10.7. The Labute approximate surface area is 126 Å². The molecule has 1 aliphatic rings. The lowest BCUT2D eigenvalue weighted by Crippen LogP contribution is -2.45. The summed E-state index contributed by atoms with van der Waals surface area (Å²) in [5, 5.41) is 10.7. The van der Waals surface area contributed by atoms with Crippen LogP contribution in [0.15, 0.2) is 18.2 Å². The van der Waals surface area contributed by atoms with E-state index in [2.05, 4.69) is 11.8 Å². The van der Waals surface area contributed by atoms with E-state index in [1.54, 1.807) is 14.2 Å². The van der Waals surface area contributed by atoms with E-state index in [0.29, 0.717) is 23.7 Å². The van der Waals surface area contributed by atoms with Gasteiger partial charge >= 0.3 is 0 Å². The van der Waals surface area contributed by atoms with Crippen LogP contribution < -0.4 is 9.47 Å². The molecule has 1 aliphatic heterocycles. The minimum atomic E-state index is -0.727. The van der Waals surface area contributed by atoms with Crippen molar-refractivity contribution in [1.29, 1.82) is 0 Å². The summed E-state index contributed by atoms with van der Waals surface area (Å²) in [6.07, 6.45) is 0.131. The van der Waals surface area contributed by atoms with Crippen LogP contribution in [-0.2, 0) is 4.74 Å². The van der Waals surface area contributed by atoms with Gasteiger partial charge in [-0.15, -0.1) is 0 Å². The summed E-state index contributed by atoms with van der Waals surface area (Å²) in [7, 11) is 3.21. The van der Waals surface area contributed by atoms with Crippen LogP contribution in [0.3, 0.4) is 0 Å². The fraction of sp³-hybridized carbons (Fsp3) is 0.625. The molecule has 1 fully saturated rings. The van der Waals surface area contributed by atoms with Crippen molar-refractivity contribution in [3.63, 3.8) is 0 Å². The zero-order valence-electron chi connectivity index (χ0n) is 13.0. The van der Waals surface area contributed by atoms with Gasteiger partial charge in [0.05, 0.1) is 20.8 Å². The number of nitrogens with zero attached hydrogens (tertiary/aromatic N) is 1. The van der Waals surface area contributed by atoms with E-state index in [0.717, 1.165) is 26.1 Å². The number of hydrogen-bond acceptors (Lipinski definition) is 5. The summed E-state index contributed by atoms with van der Waals surface area (Å²) < 4.78 is 16.3. The molecule has 0 spiro atoms. The fourth-order valence-corrected chi connectivity index (χ4v) is 2.71. The maximum Gasteiger partial charge on any atom is 0.125 e. The third kappa shape index (κ3) is 3.87. The summed E-state index contributed by atoms with van der Waals surface area (Å²) in [5.41, 5.74) is 0.709.